The summed E-state index contributed by atoms with van der Waals surface area (Å²) >= 11 is 0. The number of amides is 1. The summed E-state index contributed by atoms with van der Waals surface area (Å²) in [7, 11) is 3.19. The molecule has 0 saturated carbocycles. The summed E-state index contributed by atoms with van der Waals surface area (Å²) in [6, 6.07) is 21.1. The lowest BCUT2D eigenvalue weighted by molar-refractivity contribution is -0.121. The van der Waals surface area contributed by atoms with E-state index in [1.807, 2.05) is 60.7 Å². The Morgan fingerprint density at radius 2 is 1.85 bits per heavy atom. The maximum Gasteiger partial charge on any atom is 0.228 e. The highest BCUT2D eigenvalue weighted by Gasteiger charge is 2.26. The highest BCUT2D eigenvalue weighted by Crippen LogP contribution is 2.31. The number of ether oxygens (including phenoxy) is 2. The van der Waals surface area contributed by atoms with Crippen LogP contribution in [0.1, 0.15) is 18.4 Å². The SMILES string of the molecule is COc1ccc(-c2ccccc2NC(=O)[C@@H]2CCCN(Cc3ccc(O)c(OC)c3)C2)cc1. The molecule has 2 N–H and O–H groups in total. The average Bonchev–Trinajstić information content (AvgIpc) is 2.86. The minimum absolute atomic E-state index is 0.0453. The summed E-state index contributed by atoms with van der Waals surface area (Å²) in [6.07, 6.45) is 1.83. The van der Waals surface area contributed by atoms with Gasteiger partial charge in [0, 0.05) is 24.3 Å². The third kappa shape index (κ3) is 5.46. The molecule has 3 aromatic rings. The highest BCUT2D eigenvalue weighted by atomic mass is 16.5. The van der Waals surface area contributed by atoms with Gasteiger partial charge in [0.25, 0.3) is 0 Å². The number of phenols is 1. The fourth-order valence-electron chi connectivity index (χ4n) is 4.34. The fourth-order valence-corrected chi connectivity index (χ4v) is 4.34. The first-order valence-electron chi connectivity index (χ1n) is 11.2. The van der Waals surface area contributed by atoms with Gasteiger partial charge in [-0.2, -0.15) is 0 Å². The quantitative estimate of drug-likeness (QED) is 0.539. The standard InChI is InChI=1S/C27H30N2O4/c1-32-22-12-10-20(11-13-22)23-7-3-4-8-24(23)28-27(31)21-6-5-15-29(18-21)17-19-9-14-25(30)26(16-19)33-2/h3-4,7-14,16,21,30H,5-6,15,17-18H2,1-2H3,(H,28,31)/t21-/m1/s1. The van der Waals surface area contributed by atoms with Crippen LogP contribution in [0.15, 0.2) is 66.7 Å². The van der Waals surface area contributed by atoms with Gasteiger partial charge in [-0.3, -0.25) is 9.69 Å². The minimum atomic E-state index is -0.0818. The van der Waals surface area contributed by atoms with E-state index in [9.17, 15) is 9.90 Å². The predicted molar refractivity (Wildman–Crippen MR) is 130 cm³/mol. The van der Waals surface area contributed by atoms with Gasteiger partial charge >= 0.3 is 0 Å². The third-order valence-electron chi connectivity index (χ3n) is 6.11. The molecule has 1 saturated heterocycles. The molecule has 0 radical (unpaired) electrons. The molecule has 0 spiro atoms. The molecule has 1 aliphatic rings. The summed E-state index contributed by atoms with van der Waals surface area (Å²) in [4.78, 5) is 15.5. The number of methoxy groups -OCH3 is 2. The lowest BCUT2D eigenvalue weighted by Crippen LogP contribution is -2.40. The number of phenolic OH excluding ortho intramolecular Hbond substituents is 1. The second kappa shape index (κ2) is 10.4. The number of likely N-dealkylation sites (tertiary alicyclic amines) is 1. The maximum absolute atomic E-state index is 13.2. The van der Waals surface area contributed by atoms with Crippen LogP contribution in [0.3, 0.4) is 0 Å². The largest absolute Gasteiger partial charge is 0.504 e. The number of aromatic hydroxyl groups is 1. The molecule has 4 rings (SSSR count). The van der Waals surface area contributed by atoms with Crippen molar-refractivity contribution < 1.29 is 19.4 Å². The number of benzene rings is 3. The summed E-state index contributed by atoms with van der Waals surface area (Å²) in [5.41, 5.74) is 3.87. The van der Waals surface area contributed by atoms with E-state index in [1.165, 1.54) is 0 Å². The van der Waals surface area contributed by atoms with Gasteiger partial charge in [0.15, 0.2) is 11.5 Å². The molecule has 6 nitrogen and oxygen atoms in total. The van der Waals surface area contributed by atoms with E-state index in [0.717, 1.165) is 47.5 Å². The van der Waals surface area contributed by atoms with Crippen molar-refractivity contribution in [3.8, 4) is 28.4 Å². The Morgan fingerprint density at radius 3 is 2.61 bits per heavy atom. The second-order valence-electron chi connectivity index (χ2n) is 8.34. The van der Waals surface area contributed by atoms with E-state index >= 15 is 0 Å². The number of carbonyl (C=O) groups is 1. The van der Waals surface area contributed by atoms with Gasteiger partial charge in [-0.25, -0.2) is 0 Å². The summed E-state index contributed by atoms with van der Waals surface area (Å²) in [5.74, 6) is 1.36. The molecule has 172 valence electrons. The third-order valence-corrected chi connectivity index (χ3v) is 6.11. The lowest BCUT2D eigenvalue weighted by Gasteiger charge is -2.32. The van der Waals surface area contributed by atoms with Crippen LogP contribution in [0.5, 0.6) is 17.2 Å². The molecule has 1 atom stereocenters. The van der Waals surface area contributed by atoms with Crippen LogP contribution in [0.2, 0.25) is 0 Å². The van der Waals surface area contributed by atoms with Crippen molar-refractivity contribution in [2.45, 2.75) is 19.4 Å². The molecule has 0 unspecified atom stereocenters. The Morgan fingerprint density at radius 1 is 1.06 bits per heavy atom. The number of nitrogens with zero attached hydrogens (tertiary/aromatic N) is 1. The van der Waals surface area contributed by atoms with Crippen LogP contribution >= 0.6 is 0 Å². The Hall–Kier alpha value is -3.51. The van der Waals surface area contributed by atoms with Crippen LogP contribution in [-0.2, 0) is 11.3 Å². The Bertz CT molecular complexity index is 1100. The Labute approximate surface area is 194 Å². The molecule has 1 aliphatic heterocycles. The number of hydrogen-bond donors (Lipinski definition) is 2. The van der Waals surface area contributed by atoms with Gasteiger partial charge in [0.05, 0.1) is 20.1 Å². The first-order chi connectivity index (χ1) is 16.1. The van der Waals surface area contributed by atoms with Crippen LogP contribution in [0, 0.1) is 5.92 Å². The molecule has 1 fully saturated rings. The van der Waals surface area contributed by atoms with E-state index in [1.54, 1.807) is 20.3 Å². The van der Waals surface area contributed by atoms with Crippen molar-refractivity contribution in [2.75, 3.05) is 32.6 Å². The highest BCUT2D eigenvalue weighted by molar-refractivity contribution is 5.97. The first-order valence-corrected chi connectivity index (χ1v) is 11.2. The van der Waals surface area contributed by atoms with Gasteiger partial charge in [-0.1, -0.05) is 36.4 Å². The van der Waals surface area contributed by atoms with Crippen molar-refractivity contribution in [3.05, 3.63) is 72.3 Å². The molecule has 6 heteroatoms. The molecule has 0 bridgehead atoms. The summed E-state index contributed by atoms with van der Waals surface area (Å²) < 4.78 is 10.5. The molecule has 1 heterocycles. The summed E-state index contributed by atoms with van der Waals surface area (Å²) in [6.45, 7) is 2.35. The smallest absolute Gasteiger partial charge is 0.228 e. The van der Waals surface area contributed by atoms with Crippen molar-refractivity contribution >= 4 is 11.6 Å². The second-order valence-corrected chi connectivity index (χ2v) is 8.34. The number of hydrogen-bond acceptors (Lipinski definition) is 5. The van der Waals surface area contributed by atoms with E-state index in [0.29, 0.717) is 18.8 Å². The minimum Gasteiger partial charge on any atom is -0.504 e. The zero-order valence-electron chi connectivity index (χ0n) is 19.1. The summed E-state index contributed by atoms with van der Waals surface area (Å²) in [5, 5.41) is 13.0. The predicted octanol–water partition coefficient (Wildman–Crippen LogP) is 4.93. The lowest BCUT2D eigenvalue weighted by atomic mass is 9.96. The average molecular weight is 447 g/mol. The fraction of sp³-hybridized carbons (Fsp3) is 0.296. The monoisotopic (exact) mass is 446 g/mol. The van der Waals surface area contributed by atoms with E-state index in [2.05, 4.69) is 10.2 Å². The topological polar surface area (TPSA) is 71.0 Å². The van der Waals surface area contributed by atoms with Crippen LogP contribution in [0.4, 0.5) is 5.69 Å². The van der Waals surface area contributed by atoms with Crippen molar-refractivity contribution in [2.24, 2.45) is 5.92 Å². The van der Waals surface area contributed by atoms with Crippen molar-refractivity contribution in [1.29, 1.82) is 0 Å². The van der Waals surface area contributed by atoms with Crippen LogP contribution in [-0.4, -0.2) is 43.2 Å². The first kappa shape index (κ1) is 22.7. The van der Waals surface area contributed by atoms with Gasteiger partial charge in [-0.05, 0) is 60.8 Å². The van der Waals surface area contributed by atoms with Crippen LogP contribution < -0.4 is 14.8 Å². The molecular weight excluding hydrogens is 416 g/mol. The van der Waals surface area contributed by atoms with Gasteiger partial charge in [0.1, 0.15) is 5.75 Å². The number of carbonyl (C=O) groups excluding carboxylic acids is 1. The molecule has 1 amide bonds. The molecule has 3 aromatic carbocycles. The van der Waals surface area contributed by atoms with Crippen molar-refractivity contribution in [3.63, 3.8) is 0 Å². The number of nitrogens with one attached hydrogen (secondary N) is 1. The molecule has 0 aromatic heterocycles. The zero-order chi connectivity index (χ0) is 23.2. The number of piperidine rings is 1. The molecule has 0 aliphatic carbocycles. The van der Waals surface area contributed by atoms with E-state index < -0.39 is 0 Å². The van der Waals surface area contributed by atoms with Crippen LogP contribution in [0.25, 0.3) is 11.1 Å². The van der Waals surface area contributed by atoms with Gasteiger partial charge < -0.3 is 19.9 Å². The number of rotatable bonds is 7. The number of para-hydroxylation sites is 1. The van der Waals surface area contributed by atoms with Gasteiger partial charge in [-0.15, -0.1) is 0 Å². The normalized spacial score (nSPS) is 16.2. The van der Waals surface area contributed by atoms with E-state index in [4.69, 9.17) is 9.47 Å². The molecule has 33 heavy (non-hydrogen) atoms. The van der Waals surface area contributed by atoms with E-state index in [-0.39, 0.29) is 17.6 Å². The molecular formula is C27H30N2O4. The number of anilines is 1. The Balaban J connectivity index is 1.43. The zero-order valence-corrected chi connectivity index (χ0v) is 19.1. The maximum atomic E-state index is 13.2. The Kier molecular flexibility index (Phi) is 7.15. The van der Waals surface area contributed by atoms with Crippen molar-refractivity contribution in [1.82, 2.24) is 4.90 Å². The van der Waals surface area contributed by atoms with Gasteiger partial charge in [0.2, 0.25) is 5.91 Å².